The van der Waals surface area contributed by atoms with Gasteiger partial charge in [-0.1, -0.05) is 52.3 Å². The van der Waals surface area contributed by atoms with Gasteiger partial charge in [0.2, 0.25) is 0 Å². The second kappa shape index (κ2) is 10.1. The van der Waals surface area contributed by atoms with Crippen LogP contribution in [0.5, 0.6) is 0 Å². The maximum absolute atomic E-state index is 13.0. The lowest BCUT2D eigenvalue weighted by molar-refractivity contribution is 0.0940. The Bertz CT molecular complexity index is 1070. The highest BCUT2D eigenvalue weighted by molar-refractivity contribution is 9.10. The highest BCUT2D eigenvalue weighted by Gasteiger charge is 2.17. The van der Waals surface area contributed by atoms with Gasteiger partial charge >= 0.3 is 6.03 Å². The van der Waals surface area contributed by atoms with Crippen LogP contribution >= 0.6 is 15.9 Å². The lowest BCUT2D eigenvalue weighted by Gasteiger charge is -2.20. The molecule has 0 aliphatic heterocycles. The summed E-state index contributed by atoms with van der Waals surface area (Å²) in [6.45, 7) is 1.94. The first-order valence-corrected chi connectivity index (χ1v) is 10.6. The predicted octanol–water partition coefficient (Wildman–Crippen LogP) is 5.65. The van der Waals surface area contributed by atoms with Crippen molar-refractivity contribution in [3.05, 3.63) is 88.4 Å². The van der Waals surface area contributed by atoms with Crippen molar-refractivity contribution in [1.29, 1.82) is 0 Å². The molecule has 0 aliphatic carbocycles. The number of nitrogens with one attached hydrogen (secondary N) is 3. The third-order valence-corrected chi connectivity index (χ3v) is 5.20. The Morgan fingerprint density at radius 2 is 1.55 bits per heavy atom. The molecule has 6 nitrogen and oxygen atoms in total. The van der Waals surface area contributed by atoms with Crippen LogP contribution in [-0.2, 0) is 0 Å². The summed E-state index contributed by atoms with van der Waals surface area (Å²) >= 11 is 3.38. The van der Waals surface area contributed by atoms with Crippen molar-refractivity contribution in [2.24, 2.45) is 0 Å². The van der Waals surface area contributed by atoms with E-state index in [-0.39, 0.29) is 18.0 Å². The summed E-state index contributed by atoms with van der Waals surface area (Å²) in [5.74, 6) is -0.212. The van der Waals surface area contributed by atoms with E-state index in [0.717, 1.165) is 15.7 Å². The molecular formula is C24H25BrN4O2. The maximum Gasteiger partial charge on any atom is 0.323 e. The van der Waals surface area contributed by atoms with Gasteiger partial charge in [-0.3, -0.25) is 4.79 Å². The first kappa shape index (κ1) is 22.4. The topological polar surface area (TPSA) is 73.5 Å². The van der Waals surface area contributed by atoms with Crippen LogP contribution in [0, 0.1) is 0 Å². The first-order chi connectivity index (χ1) is 14.8. The smallest absolute Gasteiger partial charge is 0.323 e. The Kier molecular flexibility index (Phi) is 7.31. The van der Waals surface area contributed by atoms with Crippen LogP contribution in [0.25, 0.3) is 0 Å². The highest BCUT2D eigenvalue weighted by atomic mass is 79.9. The fraction of sp³-hybridized carbons (Fsp3) is 0.167. The zero-order valence-electron chi connectivity index (χ0n) is 17.6. The minimum Gasteiger partial charge on any atom is -0.377 e. The molecular weight excluding hydrogens is 456 g/mol. The second-order valence-corrected chi connectivity index (χ2v) is 8.24. The number of carbonyl (C=O) groups excluding carboxylic acids is 2. The number of benzene rings is 3. The van der Waals surface area contributed by atoms with E-state index in [1.54, 1.807) is 24.3 Å². The van der Waals surface area contributed by atoms with Gasteiger partial charge in [0.15, 0.2) is 0 Å². The predicted molar refractivity (Wildman–Crippen MR) is 130 cm³/mol. The molecule has 7 heteroatoms. The Labute approximate surface area is 190 Å². The largest absolute Gasteiger partial charge is 0.377 e. The van der Waals surface area contributed by atoms with Crippen molar-refractivity contribution in [3.63, 3.8) is 0 Å². The van der Waals surface area contributed by atoms with Crippen molar-refractivity contribution >= 4 is 44.9 Å². The fourth-order valence-corrected chi connectivity index (χ4v) is 3.54. The van der Waals surface area contributed by atoms with E-state index in [2.05, 4.69) is 31.9 Å². The maximum atomic E-state index is 13.0. The lowest BCUT2D eigenvalue weighted by atomic mass is 10.1. The molecule has 3 aromatic carbocycles. The van der Waals surface area contributed by atoms with Crippen molar-refractivity contribution in [2.75, 3.05) is 29.6 Å². The van der Waals surface area contributed by atoms with Gasteiger partial charge in [0.1, 0.15) is 0 Å². The van der Waals surface area contributed by atoms with Crippen molar-refractivity contribution in [1.82, 2.24) is 5.32 Å². The molecule has 160 valence electrons. The summed E-state index contributed by atoms with van der Waals surface area (Å²) in [6.07, 6.45) is 0. The molecule has 0 radical (unpaired) electrons. The third-order valence-electron chi connectivity index (χ3n) is 4.71. The minimum absolute atomic E-state index is 0.153. The number of amides is 3. The van der Waals surface area contributed by atoms with Gasteiger partial charge in [-0.05, 0) is 48.9 Å². The molecule has 3 aromatic rings. The van der Waals surface area contributed by atoms with Gasteiger partial charge in [-0.2, -0.15) is 0 Å². The minimum atomic E-state index is -0.389. The average Bonchev–Trinajstić information content (AvgIpc) is 2.74. The van der Waals surface area contributed by atoms with Crippen LogP contribution < -0.4 is 20.9 Å². The van der Waals surface area contributed by atoms with E-state index < -0.39 is 0 Å². The van der Waals surface area contributed by atoms with E-state index in [1.807, 2.05) is 74.4 Å². The number of hydrogen-bond acceptors (Lipinski definition) is 3. The van der Waals surface area contributed by atoms with Gasteiger partial charge in [0.25, 0.3) is 5.91 Å². The van der Waals surface area contributed by atoms with Crippen LogP contribution in [0.1, 0.15) is 28.9 Å². The number of carbonyl (C=O) groups is 2. The molecule has 0 fully saturated rings. The lowest BCUT2D eigenvalue weighted by Crippen LogP contribution is -2.28. The molecule has 0 heterocycles. The summed E-state index contributed by atoms with van der Waals surface area (Å²) in [4.78, 5) is 27.3. The molecule has 0 aliphatic rings. The van der Waals surface area contributed by atoms with Crippen molar-refractivity contribution in [3.8, 4) is 0 Å². The Morgan fingerprint density at radius 1 is 0.871 bits per heavy atom. The van der Waals surface area contributed by atoms with Crippen LogP contribution in [0.15, 0.2) is 77.3 Å². The van der Waals surface area contributed by atoms with E-state index in [4.69, 9.17) is 0 Å². The molecule has 0 saturated carbocycles. The van der Waals surface area contributed by atoms with Crippen LogP contribution in [0.4, 0.5) is 21.9 Å². The number of nitrogens with zero attached hydrogens (tertiary/aromatic N) is 1. The summed E-state index contributed by atoms with van der Waals surface area (Å²) in [6, 6.07) is 21.8. The van der Waals surface area contributed by atoms with Gasteiger partial charge in [-0.15, -0.1) is 0 Å². The normalized spacial score (nSPS) is 11.4. The van der Waals surface area contributed by atoms with E-state index in [9.17, 15) is 9.59 Å². The molecule has 0 bridgehead atoms. The van der Waals surface area contributed by atoms with Gasteiger partial charge in [-0.25, -0.2) is 4.79 Å². The number of urea groups is 1. The fourth-order valence-electron chi connectivity index (χ4n) is 3.14. The molecule has 1 unspecified atom stereocenters. The zero-order chi connectivity index (χ0) is 22.4. The van der Waals surface area contributed by atoms with Crippen LogP contribution in [-0.4, -0.2) is 26.0 Å². The quantitative estimate of drug-likeness (QED) is 0.426. The Hall–Kier alpha value is -3.32. The van der Waals surface area contributed by atoms with Crippen LogP contribution in [0.3, 0.4) is 0 Å². The molecule has 3 N–H and O–H groups in total. The molecule has 31 heavy (non-hydrogen) atoms. The Morgan fingerprint density at radius 3 is 2.19 bits per heavy atom. The van der Waals surface area contributed by atoms with Gasteiger partial charge in [0, 0.05) is 35.6 Å². The third kappa shape index (κ3) is 6.08. The van der Waals surface area contributed by atoms with Crippen molar-refractivity contribution < 1.29 is 9.59 Å². The molecule has 3 rings (SSSR count). The number of halogens is 1. The van der Waals surface area contributed by atoms with Crippen molar-refractivity contribution in [2.45, 2.75) is 13.0 Å². The van der Waals surface area contributed by atoms with Crippen LogP contribution in [0.2, 0.25) is 0 Å². The van der Waals surface area contributed by atoms with E-state index in [0.29, 0.717) is 16.9 Å². The molecule has 1 atom stereocenters. The summed E-state index contributed by atoms with van der Waals surface area (Å²) < 4.78 is 0.868. The number of anilines is 3. The Balaban J connectivity index is 1.77. The standard InChI is InChI=1S/C24H25BrN4O2/c1-16(17-8-5-4-6-9-17)26-23(30)21-15-20(12-13-22(21)29(2)3)28-24(31)27-19-11-7-10-18(25)14-19/h4-16H,1-3H3,(H,26,30)(H2,27,28,31). The summed E-state index contributed by atoms with van der Waals surface area (Å²) in [5.41, 5.74) is 3.44. The monoisotopic (exact) mass is 480 g/mol. The van der Waals surface area contributed by atoms with E-state index in [1.165, 1.54) is 0 Å². The second-order valence-electron chi connectivity index (χ2n) is 7.32. The molecule has 0 aromatic heterocycles. The summed E-state index contributed by atoms with van der Waals surface area (Å²) in [5, 5.41) is 8.61. The van der Waals surface area contributed by atoms with E-state index >= 15 is 0 Å². The average molecular weight is 481 g/mol. The van der Waals surface area contributed by atoms with Gasteiger partial charge < -0.3 is 20.9 Å². The summed E-state index contributed by atoms with van der Waals surface area (Å²) in [7, 11) is 3.75. The molecule has 0 saturated heterocycles. The number of rotatable bonds is 6. The van der Waals surface area contributed by atoms with Gasteiger partial charge in [0.05, 0.1) is 11.6 Å². The number of hydrogen-bond donors (Lipinski definition) is 3. The SMILES string of the molecule is CC(NC(=O)c1cc(NC(=O)Nc2cccc(Br)c2)ccc1N(C)C)c1ccccc1. The zero-order valence-corrected chi connectivity index (χ0v) is 19.2. The first-order valence-electron chi connectivity index (χ1n) is 9.84. The molecule has 0 spiro atoms. The highest BCUT2D eigenvalue weighted by Crippen LogP contribution is 2.24. The molecule has 3 amide bonds.